The molecule has 2 aromatic heterocycles. The maximum atomic E-state index is 12.3. The minimum Gasteiger partial charge on any atom is -0.382 e. The number of hydrogen-bond donors (Lipinski definition) is 1. The predicted molar refractivity (Wildman–Crippen MR) is 92.1 cm³/mol. The number of carbonyl (C=O) groups is 1. The second kappa shape index (κ2) is 8.36. The molecule has 2 heterocycles. The Bertz CT molecular complexity index is 830. The molecule has 0 aliphatic rings. The van der Waals surface area contributed by atoms with Gasteiger partial charge in [-0.2, -0.15) is 0 Å². The minimum atomic E-state index is -0.137. The topological polar surface area (TPSA) is 77.8 Å². The van der Waals surface area contributed by atoms with Crippen LogP contribution in [0.3, 0.4) is 0 Å². The van der Waals surface area contributed by atoms with E-state index in [1.54, 1.807) is 36.2 Å². The Morgan fingerprint density at radius 1 is 1.12 bits per heavy atom. The summed E-state index contributed by atoms with van der Waals surface area (Å²) in [5.74, 6) is -0.137. The molecular weight excluding hydrogens is 320 g/mol. The van der Waals surface area contributed by atoms with E-state index in [-0.39, 0.29) is 5.91 Å². The van der Waals surface area contributed by atoms with Gasteiger partial charge in [0.1, 0.15) is 6.33 Å². The summed E-state index contributed by atoms with van der Waals surface area (Å²) in [5.41, 5.74) is 3.39. The standard InChI is InChI=1S/C18H20N4O3/c1-24-8-9-25-12-15-4-2-14(3-5-15)10-19-18(23)16-6-7-17-21-20-13-22(17)11-16/h2-7,11,13H,8-10,12H2,1H3,(H,19,23). The lowest BCUT2D eigenvalue weighted by atomic mass is 10.1. The van der Waals surface area contributed by atoms with Crippen LogP contribution in [0.1, 0.15) is 21.5 Å². The average molecular weight is 340 g/mol. The van der Waals surface area contributed by atoms with Crippen molar-refractivity contribution in [3.63, 3.8) is 0 Å². The number of fused-ring (bicyclic) bond motifs is 1. The van der Waals surface area contributed by atoms with Crippen molar-refractivity contribution >= 4 is 11.6 Å². The molecule has 0 aliphatic carbocycles. The summed E-state index contributed by atoms with van der Waals surface area (Å²) in [6.07, 6.45) is 3.28. The summed E-state index contributed by atoms with van der Waals surface area (Å²) >= 11 is 0. The zero-order valence-electron chi connectivity index (χ0n) is 14.0. The molecule has 0 radical (unpaired) electrons. The Kier molecular flexibility index (Phi) is 5.71. The first-order valence-corrected chi connectivity index (χ1v) is 7.98. The Morgan fingerprint density at radius 2 is 1.92 bits per heavy atom. The minimum absolute atomic E-state index is 0.137. The summed E-state index contributed by atoms with van der Waals surface area (Å²) in [6, 6.07) is 11.5. The van der Waals surface area contributed by atoms with Gasteiger partial charge in [0.15, 0.2) is 5.65 Å². The molecule has 0 atom stereocenters. The number of methoxy groups -OCH3 is 1. The largest absolute Gasteiger partial charge is 0.382 e. The lowest BCUT2D eigenvalue weighted by Crippen LogP contribution is -2.23. The molecule has 0 saturated heterocycles. The molecule has 0 bridgehead atoms. The quantitative estimate of drug-likeness (QED) is 0.633. The van der Waals surface area contributed by atoms with Gasteiger partial charge >= 0.3 is 0 Å². The van der Waals surface area contributed by atoms with Gasteiger partial charge in [-0.1, -0.05) is 24.3 Å². The maximum Gasteiger partial charge on any atom is 0.253 e. The van der Waals surface area contributed by atoms with Crippen LogP contribution in [0, 0.1) is 0 Å². The number of carbonyl (C=O) groups excluding carboxylic acids is 1. The third kappa shape index (κ3) is 4.62. The number of benzene rings is 1. The Balaban J connectivity index is 1.51. The number of ether oxygens (including phenoxy) is 2. The third-order valence-corrected chi connectivity index (χ3v) is 3.73. The number of nitrogens with zero attached hydrogens (tertiary/aromatic N) is 3. The number of pyridine rings is 1. The molecule has 25 heavy (non-hydrogen) atoms. The van der Waals surface area contributed by atoms with E-state index < -0.39 is 0 Å². The first-order valence-electron chi connectivity index (χ1n) is 7.98. The number of rotatable bonds is 8. The summed E-state index contributed by atoms with van der Waals surface area (Å²) in [6.45, 7) is 2.18. The average Bonchev–Trinajstić information content (AvgIpc) is 3.12. The highest BCUT2D eigenvalue weighted by molar-refractivity contribution is 5.94. The lowest BCUT2D eigenvalue weighted by Gasteiger charge is -2.07. The highest BCUT2D eigenvalue weighted by Gasteiger charge is 2.07. The van der Waals surface area contributed by atoms with Crippen LogP contribution in [0.15, 0.2) is 48.9 Å². The van der Waals surface area contributed by atoms with Crippen molar-refractivity contribution in [2.45, 2.75) is 13.2 Å². The summed E-state index contributed by atoms with van der Waals surface area (Å²) in [5, 5.41) is 10.6. The van der Waals surface area contributed by atoms with Crippen molar-refractivity contribution in [2.75, 3.05) is 20.3 Å². The third-order valence-electron chi connectivity index (χ3n) is 3.73. The molecule has 0 aliphatic heterocycles. The second-order valence-corrected chi connectivity index (χ2v) is 5.56. The van der Waals surface area contributed by atoms with E-state index in [2.05, 4.69) is 15.5 Å². The molecule has 3 aromatic rings. The van der Waals surface area contributed by atoms with Gasteiger partial charge in [-0.25, -0.2) is 0 Å². The molecule has 1 aromatic carbocycles. The number of aromatic nitrogens is 3. The molecule has 0 spiro atoms. The zero-order chi connectivity index (χ0) is 17.5. The van der Waals surface area contributed by atoms with Gasteiger partial charge in [0.05, 0.1) is 25.4 Å². The van der Waals surface area contributed by atoms with Crippen molar-refractivity contribution in [1.29, 1.82) is 0 Å². The van der Waals surface area contributed by atoms with Crippen LogP contribution >= 0.6 is 0 Å². The zero-order valence-corrected chi connectivity index (χ0v) is 14.0. The summed E-state index contributed by atoms with van der Waals surface area (Å²) in [7, 11) is 1.65. The summed E-state index contributed by atoms with van der Waals surface area (Å²) in [4.78, 5) is 12.3. The molecule has 1 N–H and O–H groups in total. The number of amides is 1. The van der Waals surface area contributed by atoms with Crippen molar-refractivity contribution < 1.29 is 14.3 Å². The van der Waals surface area contributed by atoms with E-state index in [1.807, 2.05) is 24.3 Å². The van der Waals surface area contributed by atoms with E-state index >= 15 is 0 Å². The Hall–Kier alpha value is -2.77. The van der Waals surface area contributed by atoms with Crippen LogP contribution in [0.25, 0.3) is 5.65 Å². The van der Waals surface area contributed by atoms with E-state index in [9.17, 15) is 4.79 Å². The van der Waals surface area contributed by atoms with Gasteiger partial charge in [0.25, 0.3) is 5.91 Å². The van der Waals surface area contributed by atoms with Crippen LogP contribution in [0.4, 0.5) is 0 Å². The Morgan fingerprint density at radius 3 is 2.72 bits per heavy atom. The van der Waals surface area contributed by atoms with Crippen LogP contribution in [-0.4, -0.2) is 40.8 Å². The van der Waals surface area contributed by atoms with Crippen LogP contribution < -0.4 is 5.32 Å². The smallest absolute Gasteiger partial charge is 0.253 e. The molecule has 0 saturated carbocycles. The fraction of sp³-hybridized carbons (Fsp3) is 0.278. The SMILES string of the molecule is COCCOCc1ccc(CNC(=O)c2ccc3nncn3c2)cc1. The summed E-state index contributed by atoms with van der Waals surface area (Å²) < 4.78 is 12.1. The number of nitrogens with one attached hydrogen (secondary N) is 1. The molecule has 7 nitrogen and oxygen atoms in total. The highest BCUT2D eigenvalue weighted by atomic mass is 16.5. The van der Waals surface area contributed by atoms with E-state index in [0.29, 0.717) is 37.6 Å². The molecule has 1 amide bonds. The first kappa shape index (κ1) is 17.1. The van der Waals surface area contributed by atoms with Crippen LogP contribution in [0.5, 0.6) is 0 Å². The van der Waals surface area contributed by atoms with Crippen molar-refractivity contribution in [1.82, 2.24) is 19.9 Å². The van der Waals surface area contributed by atoms with Crippen molar-refractivity contribution in [3.05, 3.63) is 65.6 Å². The molecule has 130 valence electrons. The van der Waals surface area contributed by atoms with Crippen molar-refractivity contribution in [2.24, 2.45) is 0 Å². The van der Waals surface area contributed by atoms with Gasteiger partial charge in [-0.3, -0.25) is 9.20 Å². The molecule has 0 unspecified atom stereocenters. The fourth-order valence-electron chi connectivity index (χ4n) is 2.33. The van der Waals surface area contributed by atoms with Crippen molar-refractivity contribution in [3.8, 4) is 0 Å². The van der Waals surface area contributed by atoms with Crippen LogP contribution in [-0.2, 0) is 22.6 Å². The monoisotopic (exact) mass is 340 g/mol. The highest BCUT2D eigenvalue weighted by Crippen LogP contribution is 2.07. The first-order chi connectivity index (χ1) is 12.3. The van der Waals surface area contributed by atoms with Gasteiger partial charge in [0.2, 0.25) is 0 Å². The molecule has 0 fully saturated rings. The molecule has 3 rings (SSSR count). The van der Waals surface area contributed by atoms with Crippen LogP contribution in [0.2, 0.25) is 0 Å². The van der Waals surface area contributed by atoms with Gasteiger partial charge in [-0.05, 0) is 23.3 Å². The van der Waals surface area contributed by atoms with Gasteiger partial charge in [-0.15, -0.1) is 10.2 Å². The normalized spacial score (nSPS) is 10.9. The van der Waals surface area contributed by atoms with E-state index in [4.69, 9.17) is 9.47 Å². The Labute approximate surface area is 145 Å². The number of hydrogen-bond acceptors (Lipinski definition) is 5. The van der Waals surface area contributed by atoms with Gasteiger partial charge < -0.3 is 14.8 Å². The van der Waals surface area contributed by atoms with E-state index in [0.717, 1.165) is 11.1 Å². The van der Waals surface area contributed by atoms with Gasteiger partial charge in [0, 0.05) is 19.9 Å². The molecule has 7 heteroatoms. The maximum absolute atomic E-state index is 12.3. The van der Waals surface area contributed by atoms with E-state index in [1.165, 1.54) is 0 Å². The second-order valence-electron chi connectivity index (χ2n) is 5.56. The predicted octanol–water partition coefficient (Wildman–Crippen LogP) is 1.82. The lowest BCUT2D eigenvalue weighted by molar-refractivity contribution is 0.0616. The fourth-order valence-corrected chi connectivity index (χ4v) is 2.33. The molecular formula is C18H20N4O3.